The van der Waals surface area contributed by atoms with Crippen LogP contribution in [0.25, 0.3) is 0 Å². The van der Waals surface area contributed by atoms with Gasteiger partial charge < -0.3 is 9.64 Å². The van der Waals surface area contributed by atoms with Crippen molar-refractivity contribution < 1.29 is 9.53 Å². The first kappa shape index (κ1) is 10.3. The van der Waals surface area contributed by atoms with Crippen molar-refractivity contribution in [1.82, 2.24) is 14.7 Å². The van der Waals surface area contributed by atoms with Crippen LogP contribution >= 0.6 is 0 Å². The van der Waals surface area contributed by atoms with Gasteiger partial charge in [-0.15, -0.1) is 0 Å². The normalized spacial score (nSPS) is 22.3. The monoisotopic (exact) mass is 235 g/mol. The first-order valence-corrected chi connectivity index (χ1v) is 5.67. The minimum absolute atomic E-state index is 0.107. The van der Waals surface area contributed by atoms with Gasteiger partial charge in [-0.3, -0.25) is 14.3 Å². The topological polar surface area (TPSA) is 64.4 Å². The highest BCUT2D eigenvalue weighted by atomic mass is 16.5. The molecule has 1 aromatic rings. The fraction of sp³-hybridized carbons (Fsp3) is 0.545. The number of aromatic nitrogens is 2. The van der Waals surface area contributed by atoms with Gasteiger partial charge in [0.15, 0.2) is 11.4 Å². The Balaban J connectivity index is 2.18. The summed E-state index contributed by atoms with van der Waals surface area (Å²) < 4.78 is 6.63. The van der Waals surface area contributed by atoms with Gasteiger partial charge in [0.1, 0.15) is 0 Å². The van der Waals surface area contributed by atoms with Crippen LogP contribution in [0.4, 0.5) is 0 Å². The van der Waals surface area contributed by atoms with Gasteiger partial charge in [0.05, 0.1) is 25.9 Å². The van der Waals surface area contributed by atoms with E-state index in [-0.39, 0.29) is 28.8 Å². The zero-order chi connectivity index (χ0) is 12.0. The Bertz CT molecular complexity index is 537. The van der Waals surface area contributed by atoms with Crippen molar-refractivity contribution in [1.29, 1.82) is 0 Å². The maximum absolute atomic E-state index is 12.3. The highest BCUT2D eigenvalue weighted by molar-refractivity contribution is 5.96. The van der Waals surface area contributed by atoms with Gasteiger partial charge in [0.2, 0.25) is 5.43 Å². The molecule has 1 unspecified atom stereocenters. The van der Waals surface area contributed by atoms with Crippen LogP contribution in [0.3, 0.4) is 0 Å². The van der Waals surface area contributed by atoms with E-state index in [9.17, 15) is 9.59 Å². The van der Waals surface area contributed by atoms with Crippen LogP contribution < -0.4 is 10.2 Å². The molecule has 90 valence electrons. The highest BCUT2D eigenvalue weighted by Gasteiger charge is 2.38. The molecule has 6 heteroatoms. The molecule has 0 aliphatic carbocycles. The third-order valence-electron chi connectivity index (χ3n) is 3.44. The van der Waals surface area contributed by atoms with Crippen molar-refractivity contribution in [2.45, 2.75) is 25.4 Å². The number of methoxy groups -OCH3 is 1. The van der Waals surface area contributed by atoms with Gasteiger partial charge in [-0.2, -0.15) is 5.10 Å². The second kappa shape index (κ2) is 3.58. The third-order valence-corrected chi connectivity index (χ3v) is 3.44. The summed E-state index contributed by atoms with van der Waals surface area (Å²) in [4.78, 5) is 25.7. The summed E-state index contributed by atoms with van der Waals surface area (Å²) in [6, 6.07) is 0.217. The van der Waals surface area contributed by atoms with Crippen LogP contribution in [0.15, 0.2) is 11.0 Å². The minimum atomic E-state index is -0.343. The SMILES string of the molecule is COc1c2n(ncc1=O)CC1CCCN1C2=O. The Kier molecular flexibility index (Phi) is 2.17. The molecule has 3 heterocycles. The van der Waals surface area contributed by atoms with E-state index in [1.807, 2.05) is 4.90 Å². The quantitative estimate of drug-likeness (QED) is 0.680. The predicted octanol–water partition coefficient (Wildman–Crippen LogP) is -0.130. The zero-order valence-electron chi connectivity index (χ0n) is 9.55. The molecule has 0 spiro atoms. The molecule has 0 radical (unpaired) electrons. The number of nitrogens with zero attached hydrogens (tertiary/aromatic N) is 3. The lowest BCUT2D eigenvalue weighted by Gasteiger charge is -2.31. The molecular weight excluding hydrogens is 222 g/mol. The van der Waals surface area contributed by atoms with Gasteiger partial charge in [0.25, 0.3) is 5.91 Å². The van der Waals surface area contributed by atoms with Gasteiger partial charge >= 0.3 is 0 Å². The smallest absolute Gasteiger partial charge is 0.276 e. The Hall–Kier alpha value is -1.85. The molecule has 0 saturated carbocycles. The van der Waals surface area contributed by atoms with E-state index in [0.29, 0.717) is 6.54 Å². The largest absolute Gasteiger partial charge is 0.491 e. The number of ether oxygens (including phenoxy) is 1. The van der Waals surface area contributed by atoms with Crippen molar-refractivity contribution >= 4 is 5.91 Å². The maximum Gasteiger partial charge on any atom is 0.276 e. The van der Waals surface area contributed by atoms with Crippen molar-refractivity contribution in [2.24, 2.45) is 0 Å². The van der Waals surface area contributed by atoms with Gasteiger partial charge in [-0.05, 0) is 12.8 Å². The lowest BCUT2D eigenvalue weighted by molar-refractivity contribution is 0.0648. The van der Waals surface area contributed by atoms with Gasteiger partial charge in [0, 0.05) is 6.54 Å². The third kappa shape index (κ3) is 1.36. The molecule has 1 amide bonds. The molecule has 1 fully saturated rings. The van der Waals surface area contributed by atoms with Crippen LogP contribution in [0.5, 0.6) is 5.75 Å². The van der Waals surface area contributed by atoms with E-state index < -0.39 is 0 Å². The van der Waals surface area contributed by atoms with Gasteiger partial charge in [-0.25, -0.2) is 0 Å². The summed E-state index contributed by atoms with van der Waals surface area (Å²) >= 11 is 0. The molecule has 0 aromatic carbocycles. The number of fused-ring (bicyclic) bond motifs is 2. The number of rotatable bonds is 1. The van der Waals surface area contributed by atoms with E-state index in [2.05, 4.69) is 5.10 Å². The fourth-order valence-electron chi connectivity index (χ4n) is 2.64. The summed E-state index contributed by atoms with van der Waals surface area (Å²) in [5.74, 6) is -0.0313. The predicted molar refractivity (Wildman–Crippen MR) is 59.1 cm³/mol. The minimum Gasteiger partial charge on any atom is -0.491 e. The zero-order valence-corrected chi connectivity index (χ0v) is 9.55. The van der Waals surface area contributed by atoms with E-state index in [4.69, 9.17) is 4.74 Å². The molecule has 1 aromatic heterocycles. The molecular formula is C11H13N3O3. The first-order valence-electron chi connectivity index (χ1n) is 5.67. The molecule has 1 saturated heterocycles. The highest BCUT2D eigenvalue weighted by Crippen LogP contribution is 2.28. The molecule has 0 bridgehead atoms. The van der Waals surface area contributed by atoms with Gasteiger partial charge in [-0.1, -0.05) is 0 Å². The second-order valence-corrected chi connectivity index (χ2v) is 4.37. The number of hydrogen-bond donors (Lipinski definition) is 0. The van der Waals surface area contributed by atoms with Crippen LogP contribution in [-0.2, 0) is 6.54 Å². The lowest BCUT2D eigenvalue weighted by Crippen LogP contribution is -2.46. The Labute approximate surface area is 97.8 Å². The van der Waals surface area contributed by atoms with Crippen molar-refractivity contribution in [3.05, 3.63) is 22.1 Å². The fourth-order valence-corrected chi connectivity index (χ4v) is 2.64. The maximum atomic E-state index is 12.3. The Morgan fingerprint density at radius 2 is 2.29 bits per heavy atom. The standard InChI is InChI=1S/C11H13N3O3/c1-17-10-8(15)5-12-14-6-7-3-2-4-13(7)11(16)9(10)14/h5,7H,2-4,6H2,1H3. The summed E-state index contributed by atoms with van der Waals surface area (Å²) in [5, 5.41) is 4.01. The van der Waals surface area contributed by atoms with Crippen molar-refractivity contribution in [3.63, 3.8) is 0 Å². The summed E-state index contributed by atoms with van der Waals surface area (Å²) in [6.07, 6.45) is 3.22. The van der Waals surface area contributed by atoms with Crippen LogP contribution in [0, 0.1) is 0 Å². The first-order chi connectivity index (χ1) is 8.22. The van der Waals surface area contributed by atoms with E-state index in [1.165, 1.54) is 13.3 Å². The number of hydrogen-bond acceptors (Lipinski definition) is 4. The molecule has 6 nitrogen and oxygen atoms in total. The van der Waals surface area contributed by atoms with E-state index >= 15 is 0 Å². The summed E-state index contributed by atoms with van der Waals surface area (Å²) in [7, 11) is 1.40. The lowest BCUT2D eigenvalue weighted by atomic mass is 10.1. The molecule has 3 rings (SSSR count). The van der Waals surface area contributed by atoms with Crippen LogP contribution in [0.2, 0.25) is 0 Å². The van der Waals surface area contributed by atoms with Crippen molar-refractivity contribution in [3.8, 4) is 5.75 Å². The van der Waals surface area contributed by atoms with Crippen LogP contribution in [0.1, 0.15) is 23.3 Å². The number of amides is 1. The molecule has 17 heavy (non-hydrogen) atoms. The van der Waals surface area contributed by atoms with Crippen LogP contribution in [-0.4, -0.2) is 40.3 Å². The Morgan fingerprint density at radius 1 is 1.47 bits per heavy atom. The summed E-state index contributed by atoms with van der Waals surface area (Å²) in [5.41, 5.74) is -0.0529. The number of carbonyl (C=O) groups is 1. The average Bonchev–Trinajstić information content (AvgIpc) is 2.78. The second-order valence-electron chi connectivity index (χ2n) is 4.37. The molecule has 1 atom stereocenters. The number of carbonyl (C=O) groups excluding carboxylic acids is 1. The molecule has 2 aliphatic rings. The van der Waals surface area contributed by atoms with E-state index in [1.54, 1.807) is 4.68 Å². The Morgan fingerprint density at radius 3 is 3.06 bits per heavy atom. The van der Waals surface area contributed by atoms with E-state index in [0.717, 1.165) is 19.4 Å². The molecule has 0 N–H and O–H groups in total. The average molecular weight is 235 g/mol. The van der Waals surface area contributed by atoms with Crippen molar-refractivity contribution in [2.75, 3.05) is 13.7 Å². The summed E-state index contributed by atoms with van der Waals surface area (Å²) in [6.45, 7) is 1.41. The molecule has 2 aliphatic heterocycles.